The summed E-state index contributed by atoms with van der Waals surface area (Å²) in [5, 5.41) is 4.15. The van der Waals surface area contributed by atoms with Crippen molar-refractivity contribution in [2.75, 3.05) is 12.4 Å². The van der Waals surface area contributed by atoms with Crippen molar-refractivity contribution in [3.8, 4) is 17.0 Å². The van der Waals surface area contributed by atoms with Gasteiger partial charge in [-0.1, -0.05) is 0 Å². The second kappa shape index (κ2) is 7.22. The molecule has 0 saturated heterocycles. The number of hydrogen-bond donors (Lipinski definition) is 2. The molecule has 0 saturated carbocycles. The van der Waals surface area contributed by atoms with Crippen molar-refractivity contribution in [1.29, 1.82) is 0 Å². The number of aryl methyl sites for hydroxylation is 1. The molecule has 0 aliphatic heterocycles. The lowest BCUT2D eigenvalue weighted by Crippen LogP contribution is -2.10. The van der Waals surface area contributed by atoms with E-state index in [4.69, 9.17) is 4.74 Å². The van der Waals surface area contributed by atoms with Crippen LogP contribution < -0.4 is 10.1 Å². The summed E-state index contributed by atoms with van der Waals surface area (Å²) in [6.07, 6.45) is 4.46. The van der Waals surface area contributed by atoms with Crippen molar-refractivity contribution in [2.24, 2.45) is 0 Å². The number of benzene rings is 1. The average Bonchev–Trinajstić information content (AvgIpc) is 3.14. The molecule has 4 aromatic rings. The Balaban J connectivity index is 1.80. The molecule has 0 bridgehead atoms. The molecule has 0 aliphatic rings. The molecule has 0 radical (unpaired) electrons. The third-order valence-electron chi connectivity index (χ3n) is 4.43. The van der Waals surface area contributed by atoms with Crippen LogP contribution >= 0.6 is 0 Å². The number of nitrogens with one attached hydrogen (secondary N) is 2. The van der Waals surface area contributed by atoms with Crippen molar-refractivity contribution in [3.05, 3.63) is 60.3 Å². The van der Waals surface area contributed by atoms with E-state index in [1.54, 1.807) is 19.4 Å². The van der Waals surface area contributed by atoms with Crippen LogP contribution in [0.15, 0.2) is 43.0 Å². The van der Waals surface area contributed by atoms with Gasteiger partial charge < -0.3 is 15.0 Å². The van der Waals surface area contributed by atoms with Crippen LogP contribution in [-0.2, 0) is 0 Å². The molecule has 0 unspecified atom stereocenters. The molecule has 142 valence electrons. The summed E-state index contributed by atoms with van der Waals surface area (Å²) in [6, 6.07) is 6.66. The van der Waals surface area contributed by atoms with Gasteiger partial charge in [0.05, 0.1) is 25.0 Å². The van der Waals surface area contributed by atoms with E-state index in [1.807, 2.05) is 26.0 Å². The van der Waals surface area contributed by atoms with Crippen LogP contribution in [0.25, 0.3) is 22.2 Å². The second-order valence-electron chi connectivity index (χ2n) is 6.48. The molecule has 0 fully saturated rings. The van der Waals surface area contributed by atoms with Gasteiger partial charge in [0.15, 0.2) is 0 Å². The van der Waals surface area contributed by atoms with Gasteiger partial charge in [-0.25, -0.2) is 19.3 Å². The fourth-order valence-corrected chi connectivity index (χ4v) is 3.03. The first-order valence-corrected chi connectivity index (χ1v) is 8.78. The van der Waals surface area contributed by atoms with Crippen LogP contribution in [0, 0.1) is 12.7 Å². The molecule has 1 aromatic carbocycles. The fourth-order valence-electron chi connectivity index (χ4n) is 3.03. The van der Waals surface area contributed by atoms with E-state index in [9.17, 15) is 4.39 Å². The summed E-state index contributed by atoms with van der Waals surface area (Å²) in [6.45, 7) is 3.95. The summed E-state index contributed by atoms with van der Waals surface area (Å²) >= 11 is 0. The molecule has 28 heavy (non-hydrogen) atoms. The average molecular weight is 378 g/mol. The molecule has 1 atom stereocenters. The summed E-state index contributed by atoms with van der Waals surface area (Å²) in [4.78, 5) is 20.5. The summed E-state index contributed by atoms with van der Waals surface area (Å²) in [5.74, 6) is 1.66. The summed E-state index contributed by atoms with van der Waals surface area (Å²) in [7, 11) is 1.58. The van der Waals surface area contributed by atoms with Gasteiger partial charge in [0.2, 0.25) is 0 Å². The Hall–Kier alpha value is -3.55. The first kappa shape index (κ1) is 17.8. The van der Waals surface area contributed by atoms with Gasteiger partial charge in [-0.15, -0.1) is 0 Å². The van der Waals surface area contributed by atoms with Crippen molar-refractivity contribution >= 4 is 16.7 Å². The molecule has 3 aromatic heterocycles. The monoisotopic (exact) mass is 378 g/mol. The first-order valence-electron chi connectivity index (χ1n) is 8.78. The number of imidazole rings is 1. The van der Waals surface area contributed by atoms with Crippen LogP contribution in [0.3, 0.4) is 0 Å². The number of nitrogens with zero attached hydrogens (tertiary/aromatic N) is 4. The molecule has 0 aliphatic carbocycles. The molecule has 4 rings (SSSR count). The zero-order chi connectivity index (χ0) is 19.7. The highest BCUT2D eigenvalue weighted by Crippen LogP contribution is 2.34. The van der Waals surface area contributed by atoms with Crippen LogP contribution in [0.1, 0.15) is 24.5 Å². The zero-order valence-electron chi connectivity index (χ0n) is 15.7. The number of methoxy groups -OCH3 is 1. The number of aromatic amines is 1. The minimum Gasteiger partial charge on any atom is -0.494 e. The predicted molar refractivity (Wildman–Crippen MR) is 105 cm³/mol. The minimum absolute atomic E-state index is 0.0922. The van der Waals surface area contributed by atoms with Gasteiger partial charge in [-0.3, -0.25) is 4.98 Å². The van der Waals surface area contributed by atoms with E-state index < -0.39 is 0 Å². The van der Waals surface area contributed by atoms with Crippen LogP contribution in [0.2, 0.25) is 0 Å². The molecule has 0 spiro atoms. The van der Waals surface area contributed by atoms with Crippen LogP contribution in [-0.4, -0.2) is 32.0 Å². The quantitative estimate of drug-likeness (QED) is 0.545. The third kappa shape index (κ3) is 3.36. The Morgan fingerprint density at radius 3 is 2.64 bits per heavy atom. The molecule has 2 N–H and O–H groups in total. The lowest BCUT2D eigenvalue weighted by Gasteiger charge is -2.15. The number of pyridine rings is 1. The number of hydrogen-bond acceptors (Lipinski definition) is 6. The standard InChI is InChI=1S/C20H19FN6O/c1-11-8-23-19(26-11)12(2)27-20-15-6-13(16-5-4-14(21)9-22-16)7-17(28-3)18(15)24-10-25-20/h4-10,12H,1-3H3,(H,23,26)(H,24,25,27)/t12-/m1/s1. The Labute approximate surface area is 161 Å². The lowest BCUT2D eigenvalue weighted by molar-refractivity contribution is 0.419. The number of rotatable bonds is 5. The molecular formula is C20H19FN6O. The molecular weight excluding hydrogens is 359 g/mol. The number of halogens is 1. The molecule has 0 amide bonds. The Morgan fingerprint density at radius 1 is 1.11 bits per heavy atom. The molecule has 3 heterocycles. The number of H-pyrrole nitrogens is 1. The second-order valence-corrected chi connectivity index (χ2v) is 6.48. The highest BCUT2D eigenvalue weighted by atomic mass is 19.1. The Bertz CT molecular complexity index is 1130. The maximum atomic E-state index is 13.2. The van der Waals surface area contributed by atoms with Crippen molar-refractivity contribution < 1.29 is 9.13 Å². The summed E-state index contributed by atoms with van der Waals surface area (Å²) in [5.41, 5.74) is 3.08. The predicted octanol–water partition coefficient (Wildman–Crippen LogP) is 4.04. The van der Waals surface area contributed by atoms with Crippen molar-refractivity contribution in [2.45, 2.75) is 19.9 Å². The first-order chi connectivity index (χ1) is 13.5. The minimum atomic E-state index is -0.384. The third-order valence-corrected chi connectivity index (χ3v) is 4.43. The molecule has 8 heteroatoms. The van der Waals surface area contributed by atoms with E-state index in [2.05, 4.69) is 30.2 Å². The van der Waals surface area contributed by atoms with Crippen molar-refractivity contribution in [3.63, 3.8) is 0 Å². The largest absolute Gasteiger partial charge is 0.494 e. The SMILES string of the molecule is COc1cc(-c2ccc(F)cn2)cc2c(N[C@H](C)c3ncc(C)[nH]3)ncnc12. The van der Waals surface area contributed by atoms with Crippen molar-refractivity contribution in [1.82, 2.24) is 24.9 Å². The van der Waals surface area contributed by atoms with Gasteiger partial charge >= 0.3 is 0 Å². The Morgan fingerprint density at radius 2 is 1.96 bits per heavy atom. The topological polar surface area (TPSA) is 88.6 Å². The number of fused-ring (bicyclic) bond motifs is 1. The Kier molecular flexibility index (Phi) is 4.60. The molecule has 7 nitrogen and oxygen atoms in total. The number of aromatic nitrogens is 5. The van der Waals surface area contributed by atoms with Crippen LogP contribution in [0.5, 0.6) is 5.75 Å². The number of ether oxygens (including phenoxy) is 1. The van der Waals surface area contributed by atoms with Crippen LogP contribution in [0.4, 0.5) is 10.2 Å². The normalized spacial score (nSPS) is 12.1. The highest BCUT2D eigenvalue weighted by Gasteiger charge is 2.16. The maximum absolute atomic E-state index is 13.2. The van der Waals surface area contributed by atoms with E-state index in [1.165, 1.54) is 18.6 Å². The van der Waals surface area contributed by atoms with Gasteiger partial charge in [0, 0.05) is 22.8 Å². The van der Waals surface area contributed by atoms with Gasteiger partial charge in [-0.2, -0.15) is 0 Å². The lowest BCUT2D eigenvalue weighted by atomic mass is 10.1. The summed E-state index contributed by atoms with van der Waals surface area (Å²) < 4.78 is 18.8. The fraction of sp³-hybridized carbons (Fsp3) is 0.200. The van der Waals surface area contributed by atoms with E-state index in [0.717, 1.165) is 22.5 Å². The smallest absolute Gasteiger partial charge is 0.145 e. The van der Waals surface area contributed by atoms with E-state index in [-0.39, 0.29) is 11.9 Å². The van der Waals surface area contributed by atoms with E-state index in [0.29, 0.717) is 22.8 Å². The maximum Gasteiger partial charge on any atom is 0.145 e. The van der Waals surface area contributed by atoms with Gasteiger partial charge in [-0.05, 0) is 38.1 Å². The van der Waals surface area contributed by atoms with Gasteiger partial charge in [0.25, 0.3) is 0 Å². The zero-order valence-corrected chi connectivity index (χ0v) is 15.7. The number of anilines is 1. The van der Waals surface area contributed by atoms with Gasteiger partial charge in [0.1, 0.15) is 35.1 Å². The highest BCUT2D eigenvalue weighted by molar-refractivity contribution is 5.96. The van der Waals surface area contributed by atoms with E-state index >= 15 is 0 Å².